The van der Waals surface area contributed by atoms with Crippen LogP contribution in [0.25, 0.3) is 11.0 Å². The predicted octanol–water partition coefficient (Wildman–Crippen LogP) is 5.22. The third-order valence-corrected chi connectivity index (χ3v) is 3.70. The molecule has 100 valence electrons. The largest absolute Gasteiger partial charge is 0.453 e. The topological polar surface area (TPSA) is 30.2 Å². The summed E-state index contributed by atoms with van der Waals surface area (Å²) in [5, 5.41) is 0.879. The van der Waals surface area contributed by atoms with E-state index in [0.717, 1.165) is 4.47 Å². The molecule has 0 saturated carbocycles. The maximum Gasteiger partial charge on any atom is 0.229 e. The lowest BCUT2D eigenvalue weighted by Gasteiger charge is -2.01. The minimum atomic E-state index is -0.377. The monoisotopic (exact) mass is 352 g/mol. The molecule has 0 radical (unpaired) electrons. The Balaban J connectivity index is 2.10. The lowest BCUT2D eigenvalue weighted by molar-refractivity contribution is 0.101. The van der Waals surface area contributed by atoms with Crippen LogP contribution in [-0.4, -0.2) is 5.78 Å². The number of fused-ring (bicyclic) bond motifs is 1. The van der Waals surface area contributed by atoms with Crippen molar-refractivity contribution >= 4 is 44.3 Å². The van der Waals surface area contributed by atoms with Gasteiger partial charge in [-0.2, -0.15) is 0 Å². The number of hydrogen-bond acceptors (Lipinski definition) is 2. The molecule has 2 nitrogen and oxygen atoms in total. The highest BCUT2D eigenvalue weighted by Crippen LogP contribution is 2.27. The van der Waals surface area contributed by atoms with Gasteiger partial charge in [0.05, 0.1) is 5.02 Å². The van der Waals surface area contributed by atoms with E-state index in [1.165, 1.54) is 24.3 Å². The second kappa shape index (κ2) is 5.04. The number of benzene rings is 2. The second-order valence-corrected chi connectivity index (χ2v) is 5.57. The molecule has 1 aromatic heterocycles. The highest BCUT2D eigenvalue weighted by molar-refractivity contribution is 9.10. The van der Waals surface area contributed by atoms with Crippen LogP contribution in [0.5, 0.6) is 0 Å². The van der Waals surface area contributed by atoms with Gasteiger partial charge in [-0.3, -0.25) is 4.79 Å². The summed E-state index contributed by atoms with van der Waals surface area (Å²) in [6.45, 7) is 0. The van der Waals surface area contributed by atoms with Crippen LogP contribution in [0.1, 0.15) is 16.1 Å². The highest BCUT2D eigenvalue weighted by atomic mass is 79.9. The summed E-state index contributed by atoms with van der Waals surface area (Å²) in [7, 11) is 0. The molecule has 0 spiro atoms. The average Bonchev–Trinajstić information content (AvgIpc) is 2.83. The molecule has 20 heavy (non-hydrogen) atoms. The van der Waals surface area contributed by atoms with Gasteiger partial charge in [0, 0.05) is 15.4 Å². The van der Waals surface area contributed by atoms with E-state index in [2.05, 4.69) is 15.9 Å². The lowest BCUT2D eigenvalue weighted by atomic mass is 10.1. The summed E-state index contributed by atoms with van der Waals surface area (Å²) >= 11 is 9.31. The van der Waals surface area contributed by atoms with Crippen molar-refractivity contribution in [2.45, 2.75) is 0 Å². The van der Waals surface area contributed by atoms with E-state index >= 15 is 0 Å². The van der Waals surface area contributed by atoms with Crippen molar-refractivity contribution in [3.05, 3.63) is 69.1 Å². The minimum absolute atomic E-state index is 0.130. The normalized spacial score (nSPS) is 10.9. The number of furan rings is 1. The zero-order valence-electron chi connectivity index (χ0n) is 9.99. The fourth-order valence-corrected chi connectivity index (χ4v) is 2.49. The Morgan fingerprint density at radius 2 is 1.95 bits per heavy atom. The SMILES string of the molecule is O=C(c1cc2cc(F)ccc2o1)c1cc(Br)ccc1Cl. The van der Waals surface area contributed by atoms with Crippen LogP contribution in [0.2, 0.25) is 5.02 Å². The van der Waals surface area contributed by atoms with Crippen LogP contribution < -0.4 is 0 Å². The summed E-state index contributed by atoms with van der Waals surface area (Å²) in [4.78, 5) is 12.4. The smallest absolute Gasteiger partial charge is 0.229 e. The van der Waals surface area contributed by atoms with E-state index in [1.54, 1.807) is 18.2 Å². The Hall–Kier alpha value is -1.65. The average molecular weight is 354 g/mol. The van der Waals surface area contributed by atoms with Crippen LogP contribution in [0.4, 0.5) is 4.39 Å². The molecule has 0 amide bonds. The van der Waals surface area contributed by atoms with E-state index in [-0.39, 0.29) is 17.4 Å². The van der Waals surface area contributed by atoms with Gasteiger partial charge in [-0.1, -0.05) is 27.5 Å². The van der Waals surface area contributed by atoms with Crippen molar-refractivity contribution in [2.24, 2.45) is 0 Å². The quantitative estimate of drug-likeness (QED) is 0.591. The molecule has 0 unspecified atom stereocenters. The van der Waals surface area contributed by atoms with Crippen molar-refractivity contribution < 1.29 is 13.6 Å². The fraction of sp³-hybridized carbons (Fsp3) is 0. The lowest BCUT2D eigenvalue weighted by Crippen LogP contribution is -2.00. The van der Waals surface area contributed by atoms with E-state index in [0.29, 0.717) is 21.6 Å². The standard InChI is InChI=1S/C15H7BrClFO2/c16-9-1-3-12(17)11(7-9)15(19)14-6-8-5-10(18)2-4-13(8)20-14/h1-7H. The second-order valence-electron chi connectivity index (χ2n) is 4.25. The van der Waals surface area contributed by atoms with E-state index in [1.807, 2.05) is 0 Å². The van der Waals surface area contributed by atoms with Gasteiger partial charge in [-0.15, -0.1) is 0 Å². The molecule has 1 heterocycles. The molecule has 0 aliphatic rings. The molecule has 2 aromatic carbocycles. The number of ketones is 1. The van der Waals surface area contributed by atoms with Crippen molar-refractivity contribution in [2.75, 3.05) is 0 Å². The number of carbonyl (C=O) groups excluding carboxylic acids is 1. The molecule has 0 N–H and O–H groups in total. The fourth-order valence-electron chi connectivity index (χ4n) is 1.93. The third kappa shape index (κ3) is 2.37. The Kier molecular flexibility index (Phi) is 3.36. The summed E-state index contributed by atoms with van der Waals surface area (Å²) in [6.07, 6.45) is 0. The van der Waals surface area contributed by atoms with Gasteiger partial charge in [0.15, 0.2) is 5.76 Å². The Labute approximate surface area is 127 Å². The molecule has 0 saturated heterocycles. The van der Waals surface area contributed by atoms with Crippen LogP contribution in [0.3, 0.4) is 0 Å². The number of rotatable bonds is 2. The van der Waals surface area contributed by atoms with Gasteiger partial charge in [-0.25, -0.2) is 4.39 Å². The number of carbonyl (C=O) groups is 1. The van der Waals surface area contributed by atoms with Crippen molar-refractivity contribution in [3.63, 3.8) is 0 Å². The van der Waals surface area contributed by atoms with Gasteiger partial charge in [0.1, 0.15) is 11.4 Å². The van der Waals surface area contributed by atoms with Gasteiger partial charge < -0.3 is 4.42 Å². The van der Waals surface area contributed by atoms with E-state index in [4.69, 9.17) is 16.0 Å². The zero-order valence-corrected chi connectivity index (χ0v) is 12.3. The summed E-state index contributed by atoms with van der Waals surface area (Å²) < 4.78 is 19.3. The molecule has 0 atom stereocenters. The molecule has 0 bridgehead atoms. The van der Waals surface area contributed by atoms with Gasteiger partial charge in [0.2, 0.25) is 5.78 Å². The van der Waals surface area contributed by atoms with Crippen molar-refractivity contribution in [1.82, 2.24) is 0 Å². The maximum absolute atomic E-state index is 13.1. The van der Waals surface area contributed by atoms with Gasteiger partial charge in [0.25, 0.3) is 0 Å². The predicted molar refractivity (Wildman–Crippen MR) is 78.8 cm³/mol. The van der Waals surface area contributed by atoms with Crippen LogP contribution in [0, 0.1) is 5.82 Å². The summed E-state index contributed by atoms with van der Waals surface area (Å²) in [5.74, 6) is -0.587. The molecule has 5 heteroatoms. The highest BCUT2D eigenvalue weighted by Gasteiger charge is 2.18. The Bertz CT molecular complexity index is 826. The Morgan fingerprint density at radius 1 is 1.15 bits per heavy atom. The molecule has 0 fully saturated rings. The Morgan fingerprint density at radius 3 is 2.75 bits per heavy atom. The first-order valence-corrected chi connectivity index (χ1v) is 6.90. The maximum atomic E-state index is 13.1. The molecule has 0 aliphatic heterocycles. The number of hydrogen-bond donors (Lipinski definition) is 0. The molecular formula is C15H7BrClFO2. The van der Waals surface area contributed by atoms with Gasteiger partial charge >= 0.3 is 0 Å². The van der Waals surface area contributed by atoms with E-state index in [9.17, 15) is 9.18 Å². The van der Waals surface area contributed by atoms with E-state index < -0.39 is 0 Å². The molecule has 0 aliphatic carbocycles. The first-order chi connectivity index (χ1) is 9.54. The van der Waals surface area contributed by atoms with Crippen LogP contribution in [-0.2, 0) is 0 Å². The summed E-state index contributed by atoms with van der Waals surface area (Å²) in [5.41, 5.74) is 0.793. The molecular weight excluding hydrogens is 347 g/mol. The van der Waals surface area contributed by atoms with Crippen LogP contribution in [0.15, 0.2) is 51.4 Å². The first-order valence-electron chi connectivity index (χ1n) is 5.73. The molecule has 3 aromatic rings. The first kappa shape index (κ1) is 13.3. The van der Waals surface area contributed by atoms with Gasteiger partial charge in [-0.05, 0) is 42.5 Å². The number of halogens is 3. The van der Waals surface area contributed by atoms with Crippen molar-refractivity contribution in [1.29, 1.82) is 0 Å². The molecule has 3 rings (SSSR count). The summed E-state index contributed by atoms with van der Waals surface area (Å²) in [6, 6.07) is 10.6. The van der Waals surface area contributed by atoms with Crippen molar-refractivity contribution in [3.8, 4) is 0 Å². The van der Waals surface area contributed by atoms with Crippen LogP contribution >= 0.6 is 27.5 Å². The third-order valence-electron chi connectivity index (χ3n) is 2.88. The minimum Gasteiger partial charge on any atom is -0.453 e. The zero-order chi connectivity index (χ0) is 14.3.